The van der Waals surface area contributed by atoms with E-state index in [0.29, 0.717) is 6.04 Å². The number of hydrogen-bond acceptors (Lipinski definition) is 1. The fourth-order valence-electron chi connectivity index (χ4n) is 0.442. The first kappa shape index (κ1) is 14.2. The van der Waals surface area contributed by atoms with Crippen LogP contribution >= 0.6 is 0 Å². The second kappa shape index (κ2) is 7.33. The van der Waals surface area contributed by atoms with E-state index in [9.17, 15) is 0 Å². The molecule has 0 saturated carbocycles. The molecule has 1 heteroatoms. The van der Waals surface area contributed by atoms with Crippen LogP contribution in [0.2, 0.25) is 0 Å². The van der Waals surface area contributed by atoms with Gasteiger partial charge in [-0.1, -0.05) is 34.6 Å². The lowest BCUT2D eigenvalue weighted by atomic mass is 9.92. The van der Waals surface area contributed by atoms with E-state index in [1.807, 2.05) is 13.8 Å². The lowest BCUT2D eigenvalue weighted by Crippen LogP contribution is -2.12. The molecule has 0 bridgehead atoms. The summed E-state index contributed by atoms with van der Waals surface area (Å²) in [6.07, 6.45) is 3.22. The maximum absolute atomic E-state index is 4.34. The highest BCUT2D eigenvalue weighted by Gasteiger charge is 2.10. The Morgan fingerprint density at radius 3 is 1.92 bits per heavy atom. The maximum atomic E-state index is 4.34. The molecule has 0 aliphatic carbocycles. The van der Waals surface area contributed by atoms with Crippen LogP contribution in [0.1, 0.15) is 54.9 Å². The molecule has 0 radical (unpaired) electrons. The van der Waals surface area contributed by atoms with E-state index in [0.717, 1.165) is 6.42 Å². The summed E-state index contributed by atoms with van der Waals surface area (Å²) < 4.78 is 0. The summed E-state index contributed by atoms with van der Waals surface area (Å²) >= 11 is 0. The summed E-state index contributed by atoms with van der Waals surface area (Å²) in [4.78, 5) is 4.34. The van der Waals surface area contributed by atoms with Crippen LogP contribution in [-0.4, -0.2) is 12.3 Å². The lowest BCUT2D eigenvalue weighted by Gasteiger charge is -2.16. The molecule has 0 aliphatic rings. The van der Waals surface area contributed by atoms with Gasteiger partial charge in [-0.05, 0) is 25.7 Å². The van der Waals surface area contributed by atoms with Crippen LogP contribution in [0.4, 0.5) is 0 Å². The Balaban J connectivity index is 0. The first-order valence-corrected chi connectivity index (χ1v) is 5.02. The maximum Gasteiger partial charge on any atom is 0.0439 e. The second-order valence-corrected chi connectivity index (χ2v) is 3.71. The summed E-state index contributed by atoms with van der Waals surface area (Å²) in [5, 5.41) is 0. The van der Waals surface area contributed by atoms with Gasteiger partial charge in [0, 0.05) is 12.3 Å². The molecular weight excluding hydrogens is 146 g/mol. The van der Waals surface area contributed by atoms with Crippen molar-refractivity contribution in [1.29, 1.82) is 0 Å². The van der Waals surface area contributed by atoms with E-state index in [2.05, 4.69) is 45.8 Å². The van der Waals surface area contributed by atoms with Gasteiger partial charge in [-0.2, -0.15) is 0 Å². The van der Waals surface area contributed by atoms with Crippen molar-refractivity contribution in [2.24, 2.45) is 10.4 Å². The van der Waals surface area contributed by atoms with Crippen molar-refractivity contribution in [3.8, 4) is 0 Å². The van der Waals surface area contributed by atoms with Crippen molar-refractivity contribution in [2.75, 3.05) is 0 Å². The molecule has 1 nitrogen and oxygen atoms in total. The average Bonchev–Trinajstić information content (AvgIpc) is 2.05. The minimum atomic E-state index is 0.282. The van der Waals surface area contributed by atoms with Crippen molar-refractivity contribution in [3.05, 3.63) is 0 Å². The first-order valence-electron chi connectivity index (χ1n) is 5.02. The van der Waals surface area contributed by atoms with Crippen molar-refractivity contribution in [2.45, 2.75) is 60.9 Å². The highest BCUT2D eigenvalue weighted by molar-refractivity contribution is 5.64. The fourth-order valence-corrected chi connectivity index (χ4v) is 0.442. The molecule has 0 heterocycles. The van der Waals surface area contributed by atoms with E-state index in [1.54, 1.807) is 0 Å². The zero-order chi connectivity index (χ0) is 10.2. The van der Waals surface area contributed by atoms with E-state index in [1.165, 1.54) is 0 Å². The molecule has 0 aromatic rings. The largest absolute Gasteiger partial charge is 0.294 e. The second-order valence-electron chi connectivity index (χ2n) is 3.71. The van der Waals surface area contributed by atoms with Gasteiger partial charge in [-0.25, -0.2) is 0 Å². The van der Waals surface area contributed by atoms with E-state index in [4.69, 9.17) is 0 Å². The Morgan fingerprint density at radius 2 is 1.67 bits per heavy atom. The van der Waals surface area contributed by atoms with Gasteiger partial charge in [0.1, 0.15) is 0 Å². The number of hydrogen-bond donors (Lipinski definition) is 0. The Morgan fingerprint density at radius 1 is 1.25 bits per heavy atom. The molecule has 0 N–H and O–H groups in total. The summed E-state index contributed by atoms with van der Waals surface area (Å²) in [5.41, 5.74) is 0.282. The van der Waals surface area contributed by atoms with Crippen molar-refractivity contribution >= 4 is 6.21 Å². The van der Waals surface area contributed by atoms with Crippen molar-refractivity contribution in [1.82, 2.24) is 0 Å². The molecular formula is C11H25N. The molecule has 0 aromatic carbocycles. The monoisotopic (exact) mass is 171 g/mol. The fraction of sp³-hybridized carbons (Fsp3) is 0.909. The van der Waals surface area contributed by atoms with E-state index in [-0.39, 0.29) is 5.41 Å². The molecule has 0 unspecified atom stereocenters. The smallest absolute Gasteiger partial charge is 0.0439 e. The van der Waals surface area contributed by atoms with Gasteiger partial charge >= 0.3 is 0 Å². The van der Waals surface area contributed by atoms with Gasteiger partial charge in [0.2, 0.25) is 0 Å². The molecule has 0 rings (SSSR count). The minimum Gasteiger partial charge on any atom is -0.294 e. The van der Waals surface area contributed by atoms with Gasteiger partial charge in [-0.15, -0.1) is 0 Å². The molecule has 74 valence electrons. The van der Waals surface area contributed by atoms with Crippen molar-refractivity contribution < 1.29 is 0 Å². The summed E-state index contributed by atoms with van der Waals surface area (Å²) in [5.74, 6) is 0. The third-order valence-electron chi connectivity index (χ3n) is 1.63. The van der Waals surface area contributed by atoms with Gasteiger partial charge in [0.25, 0.3) is 0 Å². The standard InChI is InChI=1S/C9H19N.C2H6/c1-6-9(4,5)7-10-8(2)3;1-2/h7-8H,6H2,1-5H3;1-2H3. The number of nitrogens with zero attached hydrogens (tertiary/aromatic N) is 1. The van der Waals surface area contributed by atoms with Gasteiger partial charge in [0.05, 0.1) is 0 Å². The van der Waals surface area contributed by atoms with Crippen LogP contribution in [0, 0.1) is 5.41 Å². The van der Waals surface area contributed by atoms with E-state index < -0.39 is 0 Å². The average molecular weight is 171 g/mol. The molecule has 0 spiro atoms. The molecule has 0 amide bonds. The third kappa shape index (κ3) is 9.67. The van der Waals surface area contributed by atoms with Crippen LogP contribution in [-0.2, 0) is 0 Å². The molecule has 0 aliphatic heterocycles. The minimum absolute atomic E-state index is 0.282. The molecule has 0 aromatic heterocycles. The zero-order valence-electron chi connectivity index (χ0n) is 9.81. The molecule has 0 atom stereocenters. The molecule has 0 saturated heterocycles. The van der Waals surface area contributed by atoms with Crippen LogP contribution in [0.25, 0.3) is 0 Å². The SMILES string of the molecule is CC.CCC(C)(C)C=NC(C)C. The predicted octanol–water partition coefficient (Wildman–Crippen LogP) is 3.93. The van der Waals surface area contributed by atoms with Crippen LogP contribution in [0.5, 0.6) is 0 Å². The normalized spacial score (nSPS) is 11.7. The molecule has 0 fully saturated rings. The Kier molecular flexibility index (Phi) is 8.67. The van der Waals surface area contributed by atoms with Crippen LogP contribution in [0.3, 0.4) is 0 Å². The quantitative estimate of drug-likeness (QED) is 0.571. The predicted molar refractivity (Wildman–Crippen MR) is 59.0 cm³/mol. The topological polar surface area (TPSA) is 12.4 Å². The van der Waals surface area contributed by atoms with Crippen LogP contribution < -0.4 is 0 Å². The lowest BCUT2D eigenvalue weighted by molar-refractivity contribution is 0.512. The van der Waals surface area contributed by atoms with Crippen LogP contribution in [0.15, 0.2) is 4.99 Å². The summed E-state index contributed by atoms with van der Waals surface area (Å²) in [7, 11) is 0. The van der Waals surface area contributed by atoms with Gasteiger partial charge < -0.3 is 0 Å². The Hall–Kier alpha value is -0.330. The van der Waals surface area contributed by atoms with Crippen molar-refractivity contribution in [3.63, 3.8) is 0 Å². The highest BCUT2D eigenvalue weighted by atomic mass is 14.7. The highest BCUT2D eigenvalue weighted by Crippen LogP contribution is 2.16. The Labute approximate surface area is 78.3 Å². The van der Waals surface area contributed by atoms with E-state index >= 15 is 0 Å². The first-order chi connectivity index (χ1) is 5.48. The zero-order valence-corrected chi connectivity index (χ0v) is 9.81. The number of rotatable bonds is 3. The summed E-state index contributed by atoms with van der Waals surface area (Å²) in [6, 6.07) is 0.436. The molecule has 12 heavy (non-hydrogen) atoms. The van der Waals surface area contributed by atoms with Gasteiger partial charge in [0.15, 0.2) is 0 Å². The van der Waals surface area contributed by atoms with Gasteiger partial charge in [-0.3, -0.25) is 4.99 Å². The third-order valence-corrected chi connectivity index (χ3v) is 1.63. The summed E-state index contributed by atoms with van der Waals surface area (Å²) in [6.45, 7) is 14.8. The Bertz CT molecular complexity index is 112. The number of aliphatic imine (C=N–C) groups is 1.